The van der Waals surface area contributed by atoms with Crippen molar-refractivity contribution in [1.82, 2.24) is 10.3 Å². The first-order chi connectivity index (χ1) is 9.22. The van der Waals surface area contributed by atoms with Crippen LogP contribution in [0.25, 0.3) is 0 Å². The highest BCUT2D eigenvalue weighted by Crippen LogP contribution is 2.25. The number of hydrogen-bond donors (Lipinski definition) is 1. The third kappa shape index (κ3) is 4.92. The number of hydrogen-bond acceptors (Lipinski definition) is 3. The highest BCUT2D eigenvalue weighted by Gasteiger charge is 2.42. The Hall–Kier alpha value is -1.44. The summed E-state index contributed by atoms with van der Waals surface area (Å²) in [7, 11) is 0. The van der Waals surface area contributed by atoms with Gasteiger partial charge in [0.25, 0.3) is 0 Å². The first-order valence-corrected chi connectivity index (χ1v) is 5.89. The molecule has 0 unspecified atom stereocenters. The fourth-order valence-corrected chi connectivity index (χ4v) is 1.27. The molecule has 0 amide bonds. The van der Waals surface area contributed by atoms with Gasteiger partial charge in [-0.1, -0.05) is 13.8 Å². The molecule has 1 rings (SSSR count). The first-order valence-electron chi connectivity index (χ1n) is 5.89. The molecule has 0 spiro atoms. The summed E-state index contributed by atoms with van der Waals surface area (Å²) >= 11 is 0. The van der Waals surface area contributed by atoms with E-state index in [1.54, 1.807) is 0 Å². The van der Waals surface area contributed by atoms with Crippen LogP contribution in [0.4, 0.5) is 22.0 Å². The summed E-state index contributed by atoms with van der Waals surface area (Å²) in [5.74, 6) is -5.24. The van der Waals surface area contributed by atoms with Gasteiger partial charge in [-0.15, -0.1) is 0 Å². The molecule has 20 heavy (non-hydrogen) atoms. The maximum atomic E-state index is 13.1. The second kappa shape index (κ2) is 6.83. The maximum absolute atomic E-state index is 13.1. The Bertz CT molecular complexity index is 440. The molecule has 0 atom stereocenters. The third-order valence-electron chi connectivity index (χ3n) is 2.31. The van der Waals surface area contributed by atoms with Crippen molar-refractivity contribution in [3.05, 3.63) is 23.6 Å². The minimum absolute atomic E-state index is 0.0635. The summed E-state index contributed by atoms with van der Waals surface area (Å²) in [6.45, 7) is 2.27. The van der Waals surface area contributed by atoms with Crippen LogP contribution in [0.5, 0.6) is 5.88 Å². The van der Waals surface area contributed by atoms with Gasteiger partial charge in [-0.2, -0.15) is 8.78 Å². The van der Waals surface area contributed by atoms with Crippen molar-refractivity contribution in [2.24, 2.45) is 0 Å². The Morgan fingerprint density at radius 2 is 2.00 bits per heavy atom. The molecule has 0 bridgehead atoms. The zero-order valence-electron chi connectivity index (χ0n) is 11.0. The zero-order valence-corrected chi connectivity index (χ0v) is 11.0. The van der Waals surface area contributed by atoms with Gasteiger partial charge >= 0.3 is 12.3 Å². The minimum atomic E-state index is -4.28. The molecule has 0 fully saturated rings. The normalized spacial score (nSPS) is 12.2. The van der Waals surface area contributed by atoms with Gasteiger partial charge in [0.2, 0.25) is 5.88 Å². The van der Waals surface area contributed by atoms with Gasteiger partial charge < -0.3 is 10.1 Å². The zero-order chi connectivity index (χ0) is 15.3. The highest BCUT2D eigenvalue weighted by atomic mass is 19.3. The smallest absolute Gasteiger partial charge is 0.340 e. The second-order valence-corrected chi connectivity index (χ2v) is 4.50. The van der Waals surface area contributed by atoms with E-state index in [1.807, 2.05) is 13.8 Å². The summed E-state index contributed by atoms with van der Waals surface area (Å²) < 4.78 is 67.2. The molecule has 1 heterocycles. The van der Waals surface area contributed by atoms with Crippen LogP contribution < -0.4 is 10.1 Å². The van der Waals surface area contributed by atoms with Crippen molar-refractivity contribution in [2.45, 2.75) is 38.8 Å². The number of pyridine rings is 1. The fraction of sp³-hybridized carbons (Fsp3) is 0.583. The fourth-order valence-electron chi connectivity index (χ4n) is 1.27. The third-order valence-corrected chi connectivity index (χ3v) is 2.31. The van der Waals surface area contributed by atoms with E-state index in [1.165, 1.54) is 0 Å². The van der Waals surface area contributed by atoms with Gasteiger partial charge in [0.1, 0.15) is 5.82 Å². The highest BCUT2D eigenvalue weighted by molar-refractivity contribution is 5.26. The van der Waals surface area contributed by atoms with Crippen LogP contribution >= 0.6 is 0 Å². The molecular weight excluding hydrogens is 283 g/mol. The van der Waals surface area contributed by atoms with Crippen LogP contribution in [-0.4, -0.2) is 30.0 Å². The van der Waals surface area contributed by atoms with Crippen LogP contribution in [0.3, 0.4) is 0 Å². The molecule has 0 aromatic carbocycles. The number of nitrogens with zero attached hydrogens (tertiary/aromatic N) is 1. The van der Waals surface area contributed by atoms with Crippen molar-refractivity contribution in [3.63, 3.8) is 0 Å². The SMILES string of the molecule is CC(C)NCc1cc(F)cnc1OCC(F)(F)C(F)F. The predicted molar refractivity (Wildman–Crippen MR) is 62.6 cm³/mol. The van der Waals surface area contributed by atoms with Crippen LogP contribution in [0.2, 0.25) is 0 Å². The Balaban J connectivity index is 2.78. The van der Waals surface area contributed by atoms with Crippen molar-refractivity contribution in [1.29, 1.82) is 0 Å². The molecule has 0 aliphatic heterocycles. The molecule has 1 N–H and O–H groups in total. The molecule has 0 radical (unpaired) electrons. The van der Waals surface area contributed by atoms with Gasteiger partial charge in [-0.05, 0) is 6.07 Å². The molecular formula is C12H15F5N2O. The van der Waals surface area contributed by atoms with Gasteiger partial charge in [-0.3, -0.25) is 0 Å². The van der Waals surface area contributed by atoms with Gasteiger partial charge in [0.05, 0.1) is 6.20 Å². The largest absolute Gasteiger partial charge is 0.471 e. The molecule has 0 aliphatic rings. The minimum Gasteiger partial charge on any atom is -0.471 e. The summed E-state index contributed by atoms with van der Waals surface area (Å²) in [6, 6.07) is 1.12. The molecule has 114 valence electrons. The maximum Gasteiger partial charge on any atom is 0.340 e. The monoisotopic (exact) mass is 298 g/mol. The van der Waals surface area contributed by atoms with Crippen molar-refractivity contribution in [2.75, 3.05) is 6.61 Å². The van der Waals surface area contributed by atoms with Crippen LogP contribution in [0.15, 0.2) is 12.3 Å². The second-order valence-electron chi connectivity index (χ2n) is 4.50. The summed E-state index contributed by atoms with van der Waals surface area (Å²) in [5, 5.41) is 2.93. The Labute approximate surface area is 113 Å². The summed E-state index contributed by atoms with van der Waals surface area (Å²) in [5.41, 5.74) is 0.184. The lowest BCUT2D eigenvalue weighted by Crippen LogP contribution is -2.34. The average Bonchev–Trinajstić information content (AvgIpc) is 2.34. The van der Waals surface area contributed by atoms with E-state index in [2.05, 4.69) is 15.0 Å². The van der Waals surface area contributed by atoms with Crippen LogP contribution in [0, 0.1) is 5.82 Å². The van der Waals surface area contributed by atoms with Gasteiger partial charge in [-0.25, -0.2) is 18.2 Å². The van der Waals surface area contributed by atoms with Crippen molar-refractivity contribution in [3.8, 4) is 5.88 Å². The topological polar surface area (TPSA) is 34.2 Å². The van der Waals surface area contributed by atoms with Gasteiger partial charge in [0, 0.05) is 18.2 Å². The van der Waals surface area contributed by atoms with Crippen molar-refractivity contribution < 1.29 is 26.7 Å². The lowest BCUT2D eigenvalue weighted by atomic mass is 10.2. The van der Waals surface area contributed by atoms with Crippen LogP contribution in [-0.2, 0) is 6.54 Å². The number of alkyl halides is 4. The van der Waals surface area contributed by atoms with E-state index in [9.17, 15) is 22.0 Å². The number of rotatable bonds is 7. The van der Waals surface area contributed by atoms with Crippen LogP contribution in [0.1, 0.15) is 19.4 Å². The standard InChI is InChI=1S/C12H15F5N2O/c1-7(2)18-4-8-3-9(13)5-19-10(8)20-6-12(16,17)11(14)15/h3,5,7,11,18H,4,6H2,1-2H3. The first kappa shape index (κ1) is 16.6. The molecule has 8 heteroatoms. The Kier molecular flexibility index (Phi) is 5.67. The van der Waals surface area contributed by atoms with Gasteiger partial charge in [0.15, 0.2) is 6.61 Å². The summed E-state index contributed by atoms with van der Waals surface area (Å²) in [4.78, 5) is 3.50. The van der Waals surface area contributed by atoms with E-state index in [0.717, 1.165) is 12.3 Å². The number of ether oxygens (including phenoxy) is 1. The lowest BCUT2D eigenvalue weighted by Gasteiger charge is -2.17. The Morgan fingerprint density at radius 1 is 1.35 bits per heavy atom. The molecule has 0 aliphatic carbocycles. The molecule has 0 saturated heterocycles. The lowest BCUT2D eigenvalue weighted by molar-refractivity contribution is -0.148. The predicted octanol–water partition coefficient (Wildman–Crippen LogP) is 3.00. The summed E-state index contributed by atoms with van der Waals surface area (Å²) in [6.07, 6.45) is -3.06. The number of halogens is 5. The molecule has 1 aromatic rings. The van der Waals surface area contributed by atoms with E-state index < -0.39 is 24.8 Å². The molecule has 3 nitrogen and oxygen atoms in total. The quantitative estimate of drug-likeness (QED) is 0.786. The number of aromatic nitrogens is 1. The van der Waals surface area contributed by atoms with Crippen molar-refractivity contribution >= 4 is 0 Å². The Morgan fingerprint density at radius 3 is 2.55 bits per heavy atom. The molecule has 1 aromatic heterocycles. The van der Waals surface area contributed by atoms with E-state index in [4.69, 9.17) is 0 Å². The van der Waals surface area contributed by atoms with E-state index in [0.29, 0.717) is 0 Å². The molecule has 0 saturated carbocycles. The van der Waals surface area contributed by atoms with E-state index >= 15 is 0 Å². The average molecular weight is 298 g/mol. The van der Waals surface area contributed by atoms with E-state index in [-0.39, 0.29) is 24.0 Å². The number of nitrogens with one attached hydrogen (secondary N) is 1.